The number of carbonyl (C=O) groups excluding carboxylic acids is 1. The Kier molecular flexibility index (Phi) is 3.95. The molecule has 0 unspecified atom stereocenters. The van der Waals surface area contributed by atoms with E-state index in [0.29, 0.717) is 10.6 Å². The molecule has 0 saturated carbocycles. The Balaban J connectivity index is 2.84. The number of pyridine rings is 1. The number of nitriles is 1. The second kappa shape index (κ2) is 5.25. The Bertz CT molecular complexity index is 373. The molecule has 14 heavy (non-hydrogen) atoms. The summed E-state index contributed by atoms with van der Waals surface area (Å²) in [6.45, 7) is 0.0154. The maximum absolute atomic E-state index is 11.5. The van der Waals surface area contributed by atoms with E-state index in [1.807, 2.05) is 12.3 Å². The highest BCUT2D eigenvalue weighted by Gasteiger charge is 2.09. The van der Waals surface area contributed by atoms with E-state index in [2.05, 4.69) is 10.3 Å². The van der Waals surface area contributed by atoms with E-state index < -0.39 is 0 Å². The van der Waals surface area contributed by atoms with Crippen molar-refractivity contribution in [2.45, 2.75) is 5.03 Å². The van der Waals surface area contributed by atoms with E-state index in [1.165, 1.54) is 11.8 Å². The molecular weight excluding hydrogens is 198 g/mol. The molecule has 1 amide bonds. The number of nitrogens with zero attached hydrogens (tertiary/aromatic N) is 2. The van der Waals surface area contributed by atoms with Gasteiger partial charge in [-0.05, 0) is 18.4 Å². The molecule has 0 saturated heterocycles. The molecule has 1 aromatic heterocycles. The number of hydrogen-bond acceptors (Lipinski definition) is 4. The van der Waals surface area contributed by atoms with E-state index in [9.17, 15) is 4.79 Å². The summed E-state index contributed by atoms with van der Waals surface area (Å²) in [6, 6.07) is 5.23. The minimum Gasteiger partial charge on any atom is -0.339 e. The Morgan fingerprint density at radius 1 is 1.79 bits per heavy atom. The first-order valence-electron chi connectivity index (χ1n) is 3.93. The van der Waals surface area contributed by atoms with Crippen LogP contribution in [-0.4, -0.2) is 23.7 Å². The van der Waals surface area contributed by atoms with Gasteiger partial charge in [-0.3, -0.25) is 4.79 Å². The zero-order valence-electron chi connectivity index (χ0n) is 7.65. The molecule has 0 aliphatic rings. The van der Waals surface area contributed by atoms with Crippen molar-refractivity contribution in [3.63, 3.8) is 0 Å². The standard InChI is InChI=1S/C9H9N3OS/c1-14-9-7(3-2-5-12-9)8(13)11-6-4-10/h2-3,5H,6H2,1H3,(H,11,13). The van der Waals surface area contributed by atoms with Crippen molar-refractivity contribution in [2.75, 3.05) is 12.8 Å². The van der Waals surface area contributed by atoms with Crippen LogP contribution in [0.4, 0.5) is 0 Å². The quantitative estimate of drug-likeness (QED) is 0.594. The van der Waals surface area contributed by atoms with Crippen LogP contribution in [0, 0.1) is 11.3 Å². The van der Waals surface area contributed by atoms with Gasteiger partial charge in [-0.2, -0.15) is 5.26 Å². The number of carbonyl (C=O) groups is 1. The number of aromatic nitrogens is 1. The first-order valence-corrected chi connectivity index (χ1v) is 5.16. The molecule has 1 heterocycles. The third kappa shape index (κ3) is 2.47. The number of rotatable bonds is 3. The SMILES string of the molecule is CSc1ncccc1C(=O)NCC#N. The number of thioether (sulfide) groups is 1. The lowest BCUT2D eigenvalue weighted by atomic mass is 10.3. The molecule has 1 N–H and O–H groups in total. The van der Waals surface area contributed by atoms with E-state index in [4.69, 9.17) is 5.26 Å². The Morgan fingerprint density at radius 3 is 3.21 bits per heavy atom. The molecule has 0 aliphatic carbocycles. The second-order valence-corrected chi connectivity index (χ2v) is 3.20. The van der Waals surface area contributed by atoms with Crippen LogP contribution in [0.25, 0.3) is 0 Å². The molecular formula is C9H9N3OS. The number of nitrogens with one attached hydrogen (secondary N) is 1. The van der Waals surface area contributed by atoms with Crippen molar-refractivity contribution in [2.24, 2.45) is 0 Å². The summed E-state index contributed by atoms with van der Waals surface area (Å²) in [5.74, 6) is -0.260. The summed E-state index contributed by atoms with van der Waals surface area (Å²) >= 11 is 1.40. The third-order valence-corrected chi connectivity index (χ3v) is 2.25. The summed E-state index contributed by atoms with van der Waals surface area (Å²) in [7, 11) is 0. The van der Waals surface area contributed by atoms with Crippen molar-refractivity contribution in [3.8, 4) is 6.07 Å². The average Bonchev–Trinajstić information content (AvgIpc) is 2.25. The lowest BCUT2D eigenvalue weighted by Crippen LogP contribution is -2.24. The summed E-state index contributed by atoms with van der Waals surface area (Å²) in [5.41, 5.74) is 0.509. The molecule has 0 aromatic carbocycles. The van der Waals surface area contributed by atoms with Crippen molar-refractivity contribution in [1.29, 1.82) is 5.26 Å². The van der Waals surface area contributed by atoms with Crippen molar-refractivity contribution in [1.82, 2.24) is 10.3 Å². The predicted octanol–water partition coefficient (Wildman–Crippen LogP) is 1.06. The molecule has 72 valence electrons. The molecule has 1 aromatic rings. The van der Waals surface area contributed by atoms with Gasteiger partial charge in [0.1, 0.15) is 11.6 Å². The first-order chi connectivity index (χ1) is 6.79. The highest BCUT2D eigenvalue weighted by molar-refractivity contribution is 7.98. The van der Waals surface area contributed by atoms with Crippen LogP contribution in [0.1, 0.15) is 10.4 Å². The molecule has 0 spiro atoms. The molecule has 0 aliphatic heterocycles. The van der Waals surface area contributed by atoms with Gasteiger partial charge in [0.25, 0.3) is 5.91 Å². The Morgan fingerprint density at radius 2 is 2.57 bits per heavy atom. The predicted molar refractivity (Wildman–Crippen MR) is 54.0 cm³/mol. The summed E-state index contributed by atoms with van der Waals surface area (Å²) in [4.78, 5) is 15.5. The van der Waals surface area contributed by atoms with Crippen LogP contribution in [-0.2, 0) is 0 Å². The lowest BCUT2D eigenvalue weighted by Gasteiger charge is -2.04. The van der Waals surface area contributed by atoms with Crippen LogP contribution in [0.5, 0.6) is 0 Å². The van der Waals surface area contributed by atoms with Crippen LogP contribution in [0.3, 0.4) is 0 Å². The van der Waals surface area contributed by atoms with Crippen molar-refractivity contribution >= 4 is 17.7 Å². The summed E-state index contributed by atoms with van der Waals surface area (Å²) < 4.78 is 0. The Labute approximate surface area is 86.3 Å². The third-order valence-electron chi connectivity index (χ3n) is 1.54. The summed E-state index contributed by atoms with van der Waals surface area (Å²) in [6.07, 6.45) is 3.48. The molecule has 0 fully saturated rings. The molecule has 5 heteroatoms. The van der Waals surface area contributed by atoms with Crippen LogP contribution in [0.2, 0.25) is 0 Å². The molecule has 0 radical (unpaired) electrons. The fraction of sp³-hybridized carbons (Fsp3) is 0.222. The lowest BCUT2D eigenvalue weighted by molar-refractivity contribution is 0.0955. The minimum atomic E-state index is -0.260. The van der Waals surface area contributed by atoms with Crippen LogP contribution < -0.4 is 5.32 Å². The topological polar surface area (TPSA) is 65.8 Å². The molecule has 0 bridgehead atoms. The second-order valence-electron chi connectivity index (χ2n) is 2.40. The fourth-order valence-corrected chi connectivity index (χ4v) is 1.49. The van der Waals surface area contributed by atoms with Gasteiger partial charge < -0.3 is 5.32 Å². The average molecular weight is 207 g/mol. The maximum atomic E-state index is 11.5. The molecule has 1 rings (SSSR count). The maximum Gasteiger partial charge on any atom is 0.254 e. The molecule has 4 nitrogen and oxygen atoms in total. The van der Waals surface area contributed by atoms with Crippen LogP contribution >= 0.6 is 11.8 Å². The number of amides is 1. The first kappa shape index (κ1) is 10.5. The van der Waals surface area contributed by atoms with Gasteiger partial charge in [0.15, 0.2) is 0 Å². The zero-order valence-corrected chi connectivity index (χ0v) is 8.47. The van der Waals surface area contributed by atoms with E-state index in [1.54, 1.807) is 18.3 Å². The molecule has 0 atom stereocenters. The van der Waals surface area contributed by atoms with Crippen molar-refractivity contribution < 1.29 is 4.79 Å². The summed E-state index contributed by atoms with van der Waals surface area (Å²) in [5, 5.41) is 11.4. The minimum absolute atomic E-state index is 0.0154. The monoisotopic (exact) mass is 207 g/mol. The van der Waals surface area contributed by atoms with Gasteiger partial charge in [-0.15, -0.1) is 11.8 Å². The van der Waals surface area contributed by atoms with Gasteiger partial charge in [0, 0.05) is 6.20 Å². The number of hydrogen-bond donors (Lipinski definition) is 1. The van der Waals surface area contributed by atoms with Gasteiger partial charge in [0.2, 0.25) is 0 Å². The highest BCUT2D eigenvalue weighted by atomic mass is 32.2. The van der Waals surface area contributed by atoms with E-state index in [0.717, 1.165) is 0 Å². The normalized spacial score (nSPS) is 9.14. The van der Waals surface area contributed by atoms with E-state index >= 15 is 0 Å². The Hall–Kier alpha value is -1.54. The highest BCUT2D eigenvalue weighted by Crippen LogP contribution is 2.16. The van der Waals surface area contributed by atoms with Gasteiger partial charge in [-0.25, -0.2) is 4.98 Å². The van der Waals surface area contributed by atoms with E-state index in [-0.39, 0.29) is 12.5 Å². The van der Waals surface area contributed by atoms with Gasteiger partial charge >= 0.3 is 0 Å². The fourth-order valence-electron chi connectivity index (χ4n) is 0.941. The van der Waals surface area contributed by atoms with Crippen LogP contribution in [0.15, 0.2) is 23.4 Å². The largest absolute Gasteiger partial charge is 0.339 e. The van der Waals surface area contributed by atoms with Gasteiger partial charge in [-0.1, -0.05) is 0 Å². The smallest absolute Gasteiger partial charge is 0.254 e. The van der Waals surface area contributed by atoms with Crippen molar-refractivity contribution in [3.05, 3.63) is 23.9 Å². The zero-order chi connectivity index (χ0) is 10.4. The van der Waals surface area contributed by atoms with Gasteiger partial charge in [0.05, 0.1) is 11.6 Å².